The number of sulfonamides is 1. The Hall–Kier alpha value is -3.11. The second-order valence-electron chi connectivity index (χ2n) is 8.12. The van der Waals surface area contributed by atoms with Crippen LogP contribution in [0.2, 0.25) is 0 Å². The van der Waals surface area contributed by atoms with Crippen LogP contribution >= 0.6 is 0 Å². The van der Waals surface area contributed by atoms with Gasteiger partial charge in [-0.3, -0.25) is 4.79 Å². The third-order valence-corrected chi connectivity index (χ3v) is 7.67. The van der Waals surface area contributed by atoms with Gasteiger partial charge >= 0.3 is 5.97 Å². The van der Waals surface area contributed by atoms with Gasteiger partial charge in [0.25, 0.3) is 5.91 Å². The fourth-order valence-corrected chi connectivity index (χ4v) is 5.65. The van der Waals surface area contributed by atoms with Crippen LogP contribution in [0.3, 0.4) is 0 Å². The Balaban J connectivity index is 1.29. The number of nitrogens with one attached hydrogen (secondary N) is 1. The summed E-state index contributed by atoms with van der Waals surface area (Å²) in [6, 6.07) is 11.5. The number of piperidine rings is 1. The molecule has 2 aliphatic rings. The normalized spacial score (nSPS) is 16.0. The lowest BCUT2D eigenvalue weighted by Crippen LogP contribution is -2.36. The molecule has 0 spiro atoms. The molecule has 4 rings (SSSR count). The smallest absolute Gasteiger partial charge is 0.340 e. The molecule has 9 nitrogen and oxygen atoms in total. The molecule has 34 heavy (non-hydrogen) atoms. The lowest BCUT2D eigenvalue weighted by molar-refractivity contribution is -0.124. The zero-order valence-corrected chi connectivity index (χ0v) is 19.6. The highest BCUT2D eigenvalue weighted by Gasteiger charge is 2.30. The molecule has 1 amide bonds. The SMILES string of the molecule is O=C(COC(=O)c1ccccc1S(=O)(=O)N1CCCCC1)NCCc1ccc2c(c1)OCCO2. The maximum Gasteiger partial charge on any atom is 0.340 e. The van der Waals surface area contributed by atoms with E-state index in [9.17, 15) is 18.0 Å². The molecular weight excluding hydrogens is 460 g/mol. The van der Waals surface area contributed by atoms with Crippen molar-refractivity contribution in [2.24, 2.45) is 0 Å². The first-order chi connectivity index (χ1) is 16.4. The monoisotopic (exact) mass is 488 g/mol. The van der Waals surface area contributed by atoms with E-state index < -0.39 is 28.5 Å². The van der Waals surface area contributed by atoms with Crippen molar-refractivity contribution in [3.8, 4) is 11.5 Å². The van der Waals surface area contributed by atoms with Crippen molar-refractivity contribution in [1.29, 1.82) is 0 Å². The first kappa shape index (κ1) is 24.0. The van der Waals surface area contributed by atoms with E-state index in [-0.39, 0.29) is 10.5 Å². The van der Waals surface area contributed by atoms with Crippen LogP contribution in [0.15, 0.2) is 47.4 Å². The topological polar surface area (TPSA) is 111 Å². The van der Waals surface area contributed by atoms with Crippen LogP contribution in [0.4, 0.5) is 0 Å². The first-order valence-electron chi connectivity index (χ1n) is 11.4. The summed E-state index contributed by atoms with van der Waals surface area (Å²) in [7, 11) is -3.81. The van der Waals surface area contributed by atoms with E-state index in [0.29, 0.717) is 50.8 Å². The van der Waals surface area contributed by atoms with Crippen LogP contribution in [-0.4, -0.2) is 64.1 Å². The van der Waals surface area contributed by atoms with Gasteiger partial charge in [-0.25, -0.2) is 13.2 Å². The van der Waals surface area contributed by atoms with Gasteiger partial charge in [0.2, 0.25) is 10.0 Å². The summed E-state index contributed by atoms with van der Waals surface area (Å²) in [5.41, 5.74) is 0.899. The first-order valence-corrected chi connectivity index (χ1v) is 12.8. The molecule has 0 saturated carbocycles. The molecule has 10 heteroatoms. The molecule has 1 fully saturated rings. The predicted octanol–water partition coefficient (Wildman–Crippen LogP) is 2.15. The molecule has 0 aliphatic carbocycles. The number of amides is 1. The summed E-state index contributed by atoms with van der Waals surface area (Å²) in [5.74, 6) is 0.0659. The Morgan fingerprint density at radius 2 is 1.71 bits per heavy atom. The quantitative estimate of drug-likeness (QED) is 0.567. The van der Waals surface area contributed by atoms with E-state index in [1.165, 1.54) is 16.4 Å². The fourth-order valence-electron chi connectivity index (χ4n) is 3.95. The summed E-state index contributed by atoms with van der Waals surface area (Å²) in [4.78, 5) is 24.7. The van der Waals surface area contributed by atoms with Crippen molar-refractivity contribution in [2.75, 3.05) is 39.5 Å². The third kappa shape index (κ3) is 5.68. The number of benzene rings is 2. The van der Waals surface area contributed by atoms with Gasteiger partial charge < -0.3 is 19.5 Å². The average Bonchev–Trinajstić information content (AvgIpc) is 2.87. The van der Waals surface area contributed by atoms with E-state index in [4.69, 9.17) is 14.2 Å². The van der Waals surface area contributed by atoms with Crippen molar-refractivity contribution in [2.45, 2.75) is 30.6 Å². The second-order valence-corrected chi connectivity index (χ2v) is 10.0. The van der Waals surface area contributed by atoms with Crippen LogP contribution in [0.1, 0.15) is 35.2 Å². The molecule has 2 aromatic rings. The van der Waals surface area contributed by atoms with Gasteiger partial charge in [-0.2, -0.15) is 4.31 Å². The summed E-state index contributed by atoms with van der Waals surface area (Å²) in [6.45, 7) is 1.72. The molecule has 0 unspecified atom stereocenters. The highest BCUT2D eigenvalue weighted by Crippen LogP contribution is 2.30. The molecule has 0 aromatic heterocycles. The van der Waals surface area contributed by atoms with Crippen molar-refractivity contribution in [3.63, 3.8) is 0 Å². The highest BCUT2D eigenvalue weighted by molar-refractivity contribution is 7.89. The van der Waals surface area contributed by atoms with Crippen molar-refractivity contribution in [1.82, 2.24) is 9.62 Å². The Labute approximate surface area is 199 Å². The maximum atomic E-state index is 13.0. The number of nitrogens with zero attached hydrogens (tertiary/aromatic N) is 1. The Morgan fingerprint density at radius 1 is 0.971 bits per heavy atom. The number of rotatable bonds is 8. The minimum absolute atomic E-state index is 0.0721. The molecule has 0 atom stereocenters. The summed E-state index contributed by atoms with van der Waals surface area (Å²) in [5, 5.41) is 2.70. The Bertz CT molecular complexity index is 1140. The van der Waals surface area contributed by atoms with Crippen LogP contribution in [-0.2, 0) is 26.0 Å². The van der Waals surface area contributed by atoms with Gasteiger partial charge in [0.1, 0.15) is 13.2 Å². The lowest BCUT2D eigenvalue weighted by Gasteiger charge is -2.26. The zero-order valence-electron chi connectivity index (χ0n) is 18.8. The van der Waals surface area contributed by atoms with E-state index >= 15 is 0 Å². The number of carbonyl (C=O) groups excluding carboxylic acids is 2. The molecule has 2 heterocycles. The molecular formula is C24H28N2O7S. The number of esters is 1. The van der Waals surface area contributed by atoms with E-state index in [1.54, 1.807) is 12.1 Å². The average molecular weight is 489 g/mol. The van der Waals surface area contributed by atoms with E-state index in [0.717, 1.165) is 24.8 Å². The van der Waals surface area contributed by atoms with Crippen molar-refractivity contribution >= 4 is 21.9 Å². The zero-order chi connectivity index (χ0) is 24.0. The van der Waals surface area contributed by atoms with Crippen LogP contribution < -0.4 is 14.8 Å². The third-order valence-electron chi connectivity index (χ3n) is 5.72. The van der Waals surface area contributed by atoms with Crippen LogP contribution in [0.5, 0.6) is 11.5 Å². The van der Waals surface area contributed by atoms with Gasteiger partial charge in [0.15, 0.2) is 18.1 Å². The van der Waals surface area contributed by atoms with Crippen molar-refractivity contribution in [3.05, 3.63) is 53.6 Å². The van der Waals surface area contributed by atoms with Crippen LogP contribution in [0, 0.1) is 0 Å². The summed E-state index contributed by atoms with van der Waals surface area (Å²) in [6.07, 6.45) is 3.13. The van der Waals surface area contributed by atoms with E-state index in [2.05, 4.69) is 5.32 Å². The summed E-state index contributed by atoms with van der Waals surface area (Å²) < 4.78 is 43.6. The Morgan fingerprint density at radius 3 is 2.50 bits per heavy atom. The summed E-state index contributed by atoms with van der Waals surface area (Å²) >= 11 is 0. The van der Waals surface area contributed by atoms with E-state index in [1.807, 2.05) is 18.2 Å². The highest BCUT2D eigenvalue weighted by atomic mass is 32.2. The Kier molecular flexibility index (Phi) is 7.69. The van der Waals surface area contributed by atoms with Gasteiger partial charge in [-0.05, 0) is 49.1 Å². The maximum absolute atomic E-state index is 13.0. The largest absolute Gasteiger partial charge is 0.486 e. The number of hydrogen-bond donors (Lipinski definition) is 1. The molecule has 2 aromatic carbocycles. The molecule has 1 saturated heterocycles. The lowest BCUT2D eigenvalue weighted by atomic mass is 10.1. The molecule has 2 aliphatic heterocycles. The van der Waals surface area contributed by atoms with Gasteiger partial charge in [-0.1, -0.05) is 24.6 Å². The minimum atomic E-state index is -3.81. The molecule has 0 radical (unpaired) electrons. The van der Waals surface area contributed by atoms with Gasteiger partial charge in [0, 0.05) is 19.6 Å². The second kappa shape index (κ2) is 10.9. The van der Waals surface area contributed by atoms with Gasteiger partial charge in [0.05, 0.1) is 10.5 Å². The van der Waals surface area contributed by atoms with Crippen molar-refractivity contribution < 1.29 is 32.2 Å². The standard InChI is InChI=1S/C24H28N2O7S/c27-23(25-11-10-18-8-9-20-21(16-18)32-15-14-31-20)17-33-24(28)19-6-2-3-7-22(19)34(29,30)26-12-4-1-5-13-26/h2-3,6-9,16H,1,4-5,10-15,17H2,(H,25,27). The fraction of sp³-hybridized carbons (Fsp3) is 0.417. The number of carbonyl (C=O) groups is 2. The molecule has 1 N–H and O–H groups in total. The van der Waals surface area contributed by atoms with Gasteiger partial charge in [-0.15, -0.1) is 0 Å². The molecule has 182 valence electrons. The predicted molar refractivity (Wildman–Crippen MR) is 123 cm³/mol. The minimum Gasteiger partial charge on any atom is -0.486 e. The number of ether oxygens (including phenoxy) is 3. The number of hydrogen-bond acceptors (Lipinski definition) is 7. The molecule has 0 bridgehead atoms. The number of fused-ring (bicyclic) bond motifs is 1. The van der Waals surface area contributed by atoms with Crippen LogP contribution in [0.25, 0.3) is 0 Å².